The molecule has 0 aliphatic carbocycles. The fourth-order valence-corrected chi connectivity index (χ4v) is 3.82. The van der Waals surface area contributed by atoms with E-state index in [0.29, 0.717) is 25.5 Å². The van der Waals surface area contributed by atoms with Crippen molar-refractivity contribution < 1.29 is 14.3 Å². The number of hydrogen-bond acceptors (Lipinski definition) is 3. The SMILES string of the molecule is COCC1CCCN(C(=O)C(Cc2c[nH]c3ccccc23)NC(C)=O)C1. The van der Waals surface area contributed by atoms with Gasteiger partial charge in [0.25, 0.3) is 0 Å². The van der Waals surface area contributed by atoms with Gasteiger partial charge in [-0.3, -0.25) is 9.59 Å². The first-order valence-corrected chi connectivity index (χ1v) is 9.18. The van der Waals surface area contributed by atoms with Gasteiger partial charge in [-0.1, -0.05) is 18.2 Å². The molecule has 26 heavy (non-hydrogen) atoms. The lowest BCUT2D eigenvalue weighted by molar-refractivity contribution is -0.138. The normalized spacial score (nSPS) is 18.7. The molecule has 0 bridgehead atoms. The van der Waals surface area contributed by atoms with Crippen molar-refractivity contribution in [3.05, 3.63) is 36.0 Å². The Labute approximate surface area is 153 Å². The molecule has 3 rings (SSSR count). The number of fused-ring (bicyclic) bond motifs is 1. The Kier molecular flexibility index (Phi) is 5.93. The summed E-state index contributed by atoms with van der Waals surface area (Å²) >= 11 is 0. The van der Waals surface area contributed by atoms with Gasteiger partial charge in [-0.15, -0.1) is 0 Å². The number of nitrogens with one attached hydrogen (secondary N) is 2. The number of likely N-dealkylation sites (tertiary alicyclic amines) is 1. The lowest BCUT2D eigenvalue weighted by Gasteiger charge is -2.34. The molecule has 6 heteroatoms. The highest BCUT2D eigenvalue weighted by Crippen LogP contribution is 2.21. The number of aromatic nitrogens is 1. The Morgan fingerprint density at radius 2 is 2.19 bits per heavy atom. The Morgan fingerprint density at radius 1 is 1.38 bits per heavy atom. The summed E-state index contributed by atoms with van der Waals surface area (Å²) in [6, 6.07) is 7.45. The second-order valence-corrected chi connectivity index (χ2v) is 7.06. The van der Waals surface area contributed by atoms with Crippen molar-refractivity contribution in [1.29, 1.82) is 0 Å². The summed E-state index contributed by atoms with van der Waals surface area (Å²) in [5.41, 5.74) is 2.08. The van der Waals surface area contributed by atoms with E-state index in [4.69, 9.17) is 4.74 Å². The number of ether oxygens (including phenoxy) is 1. The summed E-state index contributed by atoms with van der Waals surface area (Å²) in [7, 11) is 1.69. The van der Waals surface area contributed by atoms with Gasteiger partial charge < -0.3 is 19.9 Å². The third-order valence-corrected chi connectivity index (χ3v) is 5.01. The minimum absolute atomic E-state index is 0.00807. The van der Waals surface area contributed by atoms with Crippen LogP contribution >= 0.6 is 0 Å². The summed E-state index contributed by atoms with van der Waals surface area (Å²) in [6.45, 7) is 3.55. The molecule has 2 amide bonds. The number of carbonyl (C=O) groups is 2. The molecular weight excluding hydrogens is 330 g/mol. The zero-order valence-corrected chi connectivity index (χ0v) is 15.5. The van der Waals surface area contributed by atoms with Crippen LogP contribution in [0.3, 0.4) is 0 Å². The average molecular weight is 357 g/mol. The van der Waals surface area contributed by atoms with Crippen molar-refractivity contribution >= 4 is 22.7 Å². The number of para-hydroxylation sites is 1. The predicted molar refractivity (Wildman–Crippen MR) is 101 cm³/mol. The van der Waals surface area contributed by atoms with Crippen LogP contribution < -0.4 is 5.32 Å². The number of H-pyrrole nitrogens is 1. The van der Waals surface area contributed by atoms with Gasteiger partial charge in [0.2, 0.25) is 11.8 Å². The van der Waals surface area contributed by atoms with Gasteiger partial charge in [0.05, 0.1) is 6.61 Å². The van der Waals surface area contributed by atoms with Crippen LogP contribution in [-0.2, 0) is 20.7 Å². The molecule has 1 aliphatic heterocycles. The van der Waals surface area contributed by atoms with Crippen LogP contribution in [0.15, 0.2) is 30.5 Å². The third kappa shape index (κ3) is 4.25. The molecule has 2 N–H and O–H groups in total. The molecule has 140 valence electrons. The maximum atomic E-state index is 13.1. The molecular formula is C20H27N3O3. The van der Waals surface area contributed by atoms with Crippen LogP contribution in [0, 0.1) is 5.92 Å². The van der Waals surface area contributed by atoms with E-state index in [1.54, 1.807) is 7.11 Å². The molecule has 0 spiro atoms. The first kappa shape index (κ1) is 18.5. The van der Waals surface area contributed by atoms with Gasteiger partial charge in [-0.05, 0) is 30.4 Å². The number of benzene rings is 1. The Morgan fingerprint density at radius 3 is 2.96 bits per heavy atom. The quantitative estimate of drug-likeness (QED) is 0.831. The highest BCUT2D eigenvalue weighted by atomic mass is 16.5. The second-order valence-electron chi connectivity index (χ2n) is 7.06. The first-order valence-electron chi connectivity index (χ1n) is 9.18. The number of aromatic amines is 1. The smallest absolute Gasteiger partial charge is 0.245 e. The molecule has 1 aromatic carbocycles. The maximum absolute atomic E-state index is 13.1. The fraction of sp³-hybridized carbons (Fsp3) is 0.500. The van der Waals surface area contributed by atoms with Crippen LogP contribution in [0.25, 0.3) is 10.9 Å². The van der Waals surface area contributed by atoms with Crippen molar-refractivity contribution in [2.45, 2.75) is 32.2 Å². The van der Waals surface area contributed by atoms with Crippen molar-refractivity contribution in [3.8, 4) is 0 Å². The van der Waals surface area contributed by atoms with Gasteiger partial charge in [0, 0.05) is 50.6 Å². The largest absolute Gasteiger partial charge is 0.384 e. The van der Waals surface area contributed by atoms with Crippen LogP contribution in [0.4, 0.5) is 0 Å². The number of nitrogens with zero attached hydrogens (tertiary/aromatic N) is 1. The highest BCUT2D eigenvalue weighted by molar-refractivity contribution is 5.89. The lowest BCUT2D eigenvalue weighted by Crippen LogP contribution is -2.52. The van der Waals surface area contributed by atoms with E-state index in [9.17, 15) is 9.59 Å². The van der Waals surface area contributed by atoms with E-state index in [1.165, 1.54) is 6.92 Å². The topological polar surface area (TPSA) is 74.4 Å². The maximum Gasteiger partial charge on any atom is 0.245 e. The molecule has 2 unspecified atom stereocenters. The summed E-state index contributed by atoms with van der Waals surface area (Å²) in [6.07, 6.45) is 4.45. The van der Waals surface area contributed by atoms with Crippen molar-refractivity contribution in [2.24, 2.45) is 5.92 Å². The first-order chi connectivity index (χ1) is 12.6. The zero-order valence-electron chi connectivity index (χ0n) is 15.5. The summed E-state index contributed by atoms with van der Waals surface area (Å²) in [5.74, 6) is 0.170. The number of carbonyl (C=O) groups excluding carboxylic acids is 2. The molecule has 1 saturated heterocycles. The number of hydrogen-bond donors (Lipinski definition) is 2. The van der Waals surface area contributed by atoms with Crippen molar-refractivity contribution in [2.75, 3.05) is 26.8 Å². The zero-order chi connectivity index (χ0) is 18.5. The molecule has 1 aliphatic rings. The van der Waals surface area contributed by atoms with E-state index in [2.05, 4.69) is 10.3 Å². The fourth-order valence-electron chi connectivity index (χ4n) is 3.82. The summed E-state index contributed by atoms with van der Waals surface area (Å²) < 4.78 is 5.26. The number of amides is 2. The van der Waals surface area contributed by atoms with Gasteiger partial charge in [0.15, 0.2) is 0 Å². The summed E-state index contributed by atoms with van der Waals surface area (Å²) in [4.78, 5) is 29.9. The average Bonchev–Trinajstić information content (AvgIpc) is 3.04. The summed E-state index contributed by atoms with van der Waals surface area (Å²) in [5, 5.41) is 3.94. The number of piperidine rings is 1. The van der Waals surface area contributed by atoms with Gasteiger partial charge in [-0.2, -0.15) is 0 Å². The Bertz CT molecular complexity index is 769. The molecule has 2 aromatic rings. The molecule has 0 radical (unpaired) electrons. The van der Waals surface area contributed by atoms with Crippen molar-refractivity contribution in [3.63, 3.8) is 0 Å². The van der Waals surface area contributed by atoms with E-state index in [0.717, 1.165) is 35.9 Å². The molecule has 2 atom stereocenters. The standard InChI is InChI=1S/C20H27N3O3/c1-14(24)22-19(10-16-11-21-18-8-4-3-7-17(16)18)20(25)23-9-5-6-15(12-23)13-26-2/h3-4,7-8,11,15,19,21H,5-6,9-10,12-13H2,1-2H3,(H,22,24). The monoisotopic (exact) mass is 357 g/mol. The number of rotatable bonds is 6. The molecule has 1 aromatic heterocycles. The minimum Gasteiger partial charge on any atom is -0.384 e. The molecule has 1 fully saturated rings. The van der Waals surface area contributed by atoms with Gasteiger partial charge in [-0.25, -0.2) is 0 Å². The third-order valence-electron chi connectivity index (χ3n) is 5.01. The molecule has 6 nitrogen and oxygen atoms in total. The van der Waals surface area contributed by atoms with E-state index in [-0.39, 0.29) is 11.8 Å². The van der Waals surface area contributed by atoms with Crippen LogP contribution in [0.1, 0.15) is 25.3 Å². The second kappa shape index (κ2) is 8.36. The minimum atomic E-state index is -0.548. The lowest BCUT2D eigenvalue weighted by atomic mass is 9.97. The van der Waals surface area contributed by atoms with Gasteiger partial charge in [0.1, 0.15) is 6.04 Å². The van der Waals surface area contributed by atoms with E-state index >= 15 is 0 Å². The number of methoxy groups -OCH3 is 1. The van der Waals surface area contributed by atoms with E-state index < -0.39 is 6.04 Å². The van der Waals surface area contributed by atoms with Crippen LogP contribution in [0.5, 0.6) is 0 Å². The Hall–Kier alpha value is -2.34. The Balaban J connectivity index is 1.76. The van der Waals surface area contributed by atoms with Crippen LogP contribution in [0.2, 0.25) is 0 Å². The van der Waals surface area contributed by atoms with Gasteiger partial charge >= 0.3 is 0 Å². The predicted octanol–water partition coefficient (Wildman–Crippen LogP) is 2.10. The highest BCUT2D eigenvalue weighted by Gasteiger charge is 2.30. The van der Waals surface area contributed by atoms with E-state index in [1.807, 2.05) is 35.4 Å². The molecule has 2 heterocycles. The van der Waals surface area contributed by atoms with Crippen molar-refractivity contribution in [1.82, 2.24) is 15.2 Å². The van der Waals surface area contributed by atoms with Crippen LogP contribution in [-0.4, -0.2) is 54.5 Å². The molecule has 0 saturated carbocycles.